The van der Waals surface area contributed by atoms with E-state index in [1.54, 1.807) is 13.3 Å². The van der Waals surface area contributed by atoms with Gasteiger partial charge in [0.05, 0.1) is 7.11 Å². The standard InChI is InChI=1S/C19H19ClN4O/c1-25-17-8-2-14(3-9-17)10-12-21-18-11-13-22-19(24-18)23-16-6-4-15(20)5-7-16/h2-9,11,13H,10,12H2,1H3,(H2,21,22,23,24). The van der Waals surface area contributed by atoms with Crippen LogP contribution in [0.25, 0.3) is 0 Å². The molecule has 6 heteroatoms. The van der Waals surface area contributed by atoms with Gasteiger partial charge in [0.15, 0.2) is 0 Å². The molecule has 0 atom stereocenters. The number of nitrogens with zero attached hydrogens (tertiary/aromatic N) is 2. The van der Waals surface area contributed by atoms with Crippen molar-refractivity contribution < 1.29 is 4.74 Å². The molecule has 0 aliphatic carbocycles. The number of hydrogen-bond acceptors (Lipinski definition) is 5. The van der Waals surface area contributed by atoms with Crippen molar-refractivity contribution in [1.82, 2.24) is 9.97 Å². The highest BCUT2D eigenvalue weighted by atomic mass is 35.5. The Kier molecular flexibility index (Phi) is 5.69. The predicted molar refractivity (Wildman–Crippen MR) is 102 cm³/mol. The third-order valence-corrected chi connectivity index (χ3v) is 3.89. The Hall–Kier alpha value is -2.79. The van der Waals surface area contributed by atoms with Crippen LogP contribution in [0, 0.1) is 0 Å². The van der Waals surface area contributed by atoms with Crippen molar-refractivity contribution in [2.24, 2.45) is 0 Å². The Morgan fingerprint density at radius 2 is 1.76 bits per heavy atom. The number of ether oxygens (including phenoxy) is 1. The number of anilines is 3. The van der Waals surface area contributed by atoms with Crippen LogP contribution in [-0.4, -0.2) is 23.6 Å². The highest BCUT2D eigenvalue weighted by Crippen LogP contribution is 2.17. The van der Waals surface area contributed by atoms with Crippen LogP contribution in [-0.2, 0) is 6.42 Å². The van der Waals surface area contributed by atoms with Crippen molar-refractivity contribution in [3.05, 3.63) is 71.4 Å². The molecule has 0 saturated carbocycles. The molecule has 3 rings (SSSR count). The Bertz CT molecular complexity index is 806. The van der Waals surface area contributed by atoms with Gasteiger partial charge < -0.3 is 15.4 Å². The van der Waals surface area contributed by atoms with Crippen molar-refractivity contribution in [2.45, 2.75) is 6.42 Å². The first-order valence-electron chi connectivity index (χ1n) is 7.95. The van der Waals surface area contributed by atoms with Gasteiger partial charge in [-0.05, 0) is 54.4 Å². The van der Waals surface area contributed by atoms with Crippen LogP contribution in [0.4, 0.5) is 17.5 Å². The van der Waals surface area contributed by atoms with Crippen molar-refractivity contribution in [3.8, 4) is 5.75 Å². The lowest BCUT2D eigenvalue weighted by molar-refractivity contribution is 0.414. The normalized spacial score (nSPS) is 10.3. The van der Waals surface area contributed by atoms with E-state index in [9.17, 15) is 0 Å². The Balaban J connectivity index is 1.55. The maximum Gasteiger partial charge on any atom is 0.229 e. The minimum Gasteiger partial charge on any atom is -0.497 e. The van der Waals surface area contributed by atoms with Crippen LogP contribution < -0.4 is 15.4 Å². The van der Waals surface area contributed by atoms with E-state index in [0.29, 0.717) is 11.0 Å². The van der Waals surface area contributed by atoms with Gasteiger partial charge in [0, 0.05) is 23.5 Å². The van der Waals surface area contributed by atoms with Crippen LogP contribution in [0.3, 0.4) is 0 Å². The molecule has 0 aliphatic heterocycles. The van der Waals surface area contributed by atoms with Crippen molar-refractivity contribution in [2.75, 3.05) is 24.3 Å². The largest absolute Gasteiger partial charge is 0.497 e. The molecule has 1 heterocycles. The molecular formula is C19H19ClN4O. The summed E-state index contributed by atoms with van der Waals surface area (Å²) >= 11 is 5.89. The summed E-state index contributed by atoms with van der Waals surface area (Å²) in [6.07, 6.45) is 2.62. The van der Waals surface area contributed by atoms with E-state index in [-0.39, 0.29) is 0 Å². The van der Waals surface area contributed by atoms with Crippen molar-refractivity contribution in [1.29, 1.82) is 0 Å². The van der Waals surface area contributed by atoms with Gasteiger partial charge >= 0.3 is 0 Å². The van der Waals surface area contributed by atoms with E-state index in [1.165, 1.54) is 5.56 Å². The highest BCUT2D eigenvalue weighted by Gasteiger charge is 2.01. The van der Waals surface area contributed by atoms with Gasteiger partial charge in [-0.1, -0.05) is 23.7 Å². The van der Waals surface area contributed by atoms with Gasteiger partial charge in [-0.2, -0.15) is 4.98 Å². The van der Waals surface area contributed by atoms with E-state index in [2.05, 4.69) is 32.7 Å². The van der Waals surface area contributed by atoms with Gasteiger partial charge in [0.25, 0.3) is 0 Å². The first kappa shape index (κ1) is 17.0. The summed E-state index contributed by atoms with van der Waals surface area (Å²) in [5, 5.41) is 7.17. The second kappa shape index (κ2) is 8.35. The summed E-state index contributed by atoms with van der Waals surface area (Å²) in [4.78, 5) is 8.70. The molecule has 0 bridgehead atoms. The Labute approximate surface area is 152 Å². The second-order valence-corrected chi connectivity index (χ2v) is 5.86. The Morgan fingerprint density at radius 3 is 2.48 bits per heavy atom. The lowest BCUT2D eigenvalue weighted by Crippen LogP contribution is -2.07. The minimum absolute atomic E-state index is 0.539. The first-order chi connectivity index (χ1) is 12.2. The number of rotatable bonds is 7. The molecule has 0 aliphatic rings. The summed E-state index contributed by atoms with van der Waals surface area (Å²) in [5.41, 5.74) is 2.13. The smallest absolute Gasteiger partial charge is 0.229 e. The van der Waals surface area contributed by atoms with E-state index in [1.807, 2.05) is 42.5 Å². The van der Waals surface area contributed by atoms with Gasteiger partial charge in [-0.25, -0.2) is 4.98 Å². The third kappa shape index (κ3) is 5.09. The fraction of sp³-hybridized carbons (Fsp3) is 0.158. The predicted octanol–water partition coefficient (Wildman–Crippen LogP) is 4.54. The molecule has 25 heavy (non-hydrogen) atoms. The molecule has 0 fully saturated rings. The summed E-state index contributed by atoms with van der Waals surface area (Å²) in [7, 11) is 1.67. The summed E-state index contributed by atoms with van der Waals surface area (Å²) in [6.45, 7) is 0.781. The van der Waals surface area contributed by atoms with Gasteiger partial charge in [-0.3, -0.25) is 0 Å². The maximum atomic E-state index is 5.89. The fourth-order valence-corrected chi connectivity index (χ4v) is 2.43. The minimum atomic E-state index is 0.539. The summed E-state index contributed by atoms with van der Waals surface area (Å²) in [6, 6.07) is 17.3. The number of methoxy groups -OCH3 is 1. The Morgan fingerprint density at radius 1 is 1.00 bits per heavy atom. The highest BCUT2D eigenvalue weighted by molar-refractivity contribution is 6.30. The molecule has 5 nitrogen and oxygen atoms in total. The molecule has 3 aromatic rings. The van der Waals surface area contributed by atoms with Crippen LogP contribution >= 0.6 is 11.6 Å². The van der Waals surface area contributed by atoms with Crippen LogP contribution in [0.15, 0.2) is 60.8 Å². The van der Waals surface area contributed by atoms with E-state index >= 15 is 0 Å². The maximum absolute atomic E-state index is 5.89. The zero-order valence-electron chi connectivity index (χ0n) is 13.9. The SMILES string of the molecule is COc1ccc(CCNc2ccnc(Nc3ccc(Cl)cc3)n2)cc1. The molecule has 0 spiro atoms. The van der Waals surface area contributed by atoms with Crippen molar-refractivity contribution >= 4 is 29.1 Å². The molecule has 2 N–H and O–H groups in total. The summed E-state index contributed by atoms with van der Waals surface area (Å²) in [5.74, 6) is 2.18. The molecule has 1 aromatic heterocycles. The fourth-order valence-electron chi connectivity index (χ4n) is 2.31. The molecule has 0 unspecified atom stereocenters. The molecular weight excluding hydrogens is 336 g/mol. The monoisotopic (exact) mass is 354 g/mol. The third-order valence-electron chi connectivity index (χ3n) is 3.63. The average molecular weight is 355 g/mol. The van der Waals surface area contributed by atoms with E-state index in [4.69, 9.17) is 16.3 Å². The van der Waals surface area contributed by atoms with Gasteiger partial charge in [0.2, 0.25) is 5.95 Å². The first-order valence-corrected chi connectivity index (χ1v) is 8.33. The zero-order valence-corrected chi connectivity index (χ0v) is 14.6. The quantitative estimate of drug-likeness (QED) is 0.652. The van der Waals surface area contributed by atoms with Crippen LogP contribution in [0.1, 0.15) is 5.56 Å². The average Bonchev–Trinajstić information content (AvgIpc) is 2.65. The van der Waals surface area contributed by atoms with Gasteiger partial charge in [0.1, 0.15) is 11.6 Å². The topological polar surface area (TPSA) is 59.1 Å². The van der Waals surface area contributed by atoms with Crippen LogP contribution in [0.2, 0.25) is 5.02 Å². The lowest BCUT2D eigenvalue weighted by atomic mass is 10.1. The van der Waals surface area contributed by atoms with E-state index < -0.39 is 0 Å². The molecule has 0 saturated heterocycles. The molecule has 128 valence electrons. The number of hydrogen-bond donors (Lipinski definition) is 2. The molecule has 0 radical (unpaired) electrons. The summed E-state index contributed by atoms with van der Waals surface area (Å²) < 4.78 is 5.16. The number of nitrogens with one attached hydrogen (secondary N) is 2. The number of halogens is 1. The second-order valence-electron chi connectivity index (χ2n) is 5.42. The zero-order chi connectivity index (χ0) is 17.5. The lowest BCUT2D eigenvalue weighted by Gasteiger charge is -2.09. The van der Waals surface area contributed by atoms with Gasteiger partial charge in [-0.15, -0.1) is 0 Å². The number of aromatic nitrogens is 2. The van der Waals surface area contributed by atoms with E-state index in [0.717, 1.165) is 30.2 Å². The van der Waals surface area contributed by atoms with Crippen molar-refractivity contribution in [3.63, 3.8) is 0 Å². The molecule has 2 aromatic carbocycles. The van der Waals surface area contributed by atoms with Crippen LogP contribution in [0.5, 0.6) is 5.75 Å². The number of benzene rings is 2. The molecule has 0 amide bonds.